The van der Waals surface area contributed by atoms with Crippen LogP contribution in [0.4, 0.5) is 8.78 Å². The van der Waals surface area contributed by atoms with E-state index in [0.29, 0.717) is 12.8 Å². The fourth-order valence-corrected chi connectivity index (χ4v) is 1.84. The average Bonchev–Trinajstić information content (AvgIpc) is 2.30. The molecule has 0 aromatic heterocycles. The van der Waals surface area contributed by atoms with Gasteiger partial charge in [0.1, 0.15) is 0 Å². The fraction of sp³-hybridized carbons (Fsp3) is 0.889. The van der Waals surface area contributed by atoms with Crippen LogP contribution in [0.5, 0.6) is 0 Å². The topological polar surface area (TPSA) is 37.3 Å². The van der Waals surface area contributed by atoms with E-state index in [2.05, 4.69) is 0 Å². The molecule has 76 valence electrons. The molecular weight excluding hydrogens is 178 g/mol. The quantitative estimate of drug-likeness (QED) is 0.746. The van der Waals surface area contributed by atoms with Gasteiger partial charge in [0.05, 0.1) is 5.92 Å². The molecule has 1 unspecified atom stereocenters. The number of carboxylic acids is 1. The van der Waals surface area contributed by atoms with Crippen molar-refractivity contribution in [3.63, 3.8) is 0 Å². The van der Waals surface area contributed by atoms with E-state index in [1.54, 1.807) is 6.92 Å². The molecule has 0 saturated heterocycles. The first kappa shape index (κ1) is 10.4. The molecule has 1 aliphatic rings. The van der Waals surface area contributed by atoms with Crippen LogP contribution in [0.1, 0.15) is 32.6 Å². The van der Waals surface area contributed by atoms with Gasteiger partial charge in [0.2, 0.25) is 5.92 Å². The average molecular weight is 192 g/mol. The van der Waals surface area contributed by atoms with Crippen molar-refractivity contribution in [3.05, 3.63) is 0 Å². The van der Waals surface area contributed by atoms with Crippen LogP contribution in [0, 0.1) is 11.8 Å². The van der Waals surface area contributed by atoms with Crippen molar-refractivity contribution >= 4 is 5.97 Å². The van der Waals surface area contributed by atoms with Crippen molar-refractivity contribution in [3.8, 4) is 0 Å². The molecule has 0 aromatic carbocycles. The third kappa shape index (κ3) is 2.94. The van der Waals surface area contributed by atoms with Gasteiger partial charge in [-0.15, -0.1) is 0 Å². The highest BCUT2D eigenvalue weighted by Crippen LogP contribution is 2.41. The number of carbonyl (C=O) groups is 1. The Bertz CT molecular complexity index is 204. The zero-order chi connectivity index (χ0) is 10.1. The molecule has 0 amide bonds. The molecule has 1 N–H and O–H groups in total. The van der Waals surface area contributed by atoms with Crippen LogP contribution < -0.4 is 0 Å². The van der Waals surface area contributed by atoms with E-state index in [9.17, 15) is 13.6 Å². The van der Waals surface area contributed by atoms with Gasteiger partial charge in [-0.05, 0) is 18.8 Å². The summed E-state index contributed by atoms with van der Waals surface area (Å²) in [4.78, 5) is 10.5. The van der Waals surface area contributed by atoms with E-state index in [0.717, 1.165) is 0 Å². The molecule has 2 nitrogen and oxygen atoms in total. The first-order valence-electron chi connectivity index (χ1n) is 4.51. The van der Waals surface area contributed by atoms with Gasteiger partial charge in [-0.3, -0.25) is 4.79 Å². The number of halogens is 2. The van der Waals surface area contributed by atoms with E-state index in [4.69, 9.17) is 5.11 Å². The minimum Gasteiger partial charge on any atom is -0.481 e. The van der Waals surface area contributed by atoms with E-state index < -0.39 is 17.8 Å². The molecule has 2 atom stereocenters. The standard InChI is InChI=1S/C9H14F2O2/c1-6(8(12)13)4-7-2-3-9(10,11)5-7/h6-7H,2-5H2,1H3,(H,12,13)/t6-,7?/m0/s1. The predicted molar refractivity (Wildman–Crippen MR) is 43.7 cm³/mol. The van der Waals surface area contributed by atoms with Gasteiger partial charge < -0.3 is 5.11 Å². The molecule has 0 heterocycles. The summed E-state index contributed by atoms with van der Waals surface area (Å²) < 4.78 is 25.4. The molecule has 4 heteroatoms. The molecule has 1 aliphatic carbocycles. The second-order valence-electron chi connectivity index (χ2n) is 3.94. The second kappa shape index (κ2) is 3.60. The number of hydrogen-bond donors (Lipinski definition) is 1. The Morgan fingerprint density at radius 1 is 1.69 bits per heavy atom. The summed E-state index contributed by atoms with van der Waals surface area (Å²) in [5.41, 5.74) is 0. The summed E-state index contributed by atoms with van der Waals surface area (Å²) in [6.07, 6.45) is 0.629. The lowest BCUT2D eigenvalue weighted by atomic mass is 9.94. The van der Waals surface area contributed by atoms with Gasteiger partial charge in [0, 0.05) is 12.8 Å². The summed E-state index contributed by atoms with van der Waals surface area (Å²) in [6, 6.07) is 0. The maximum absolute atomic E-state index is 12.7. The van der Waals surface area contributed by atoms with Crippen LogP contribution in [0.3, 0.4) is 0 Å². The molecule has 0 radical (unpaired) electrons. The highest BCUT2D eigenvalue weighted by Gasteiger charge is 2.40. The first-order valence-corrected chi connectivity index (χ1v) is 4.51. The molecule has 0 aliphatic heterocycles. The van der Waals surface area contributed by atoms with Crippen LogP contribution in [0.15, 0.2) is 0 Å². The van der Waals surface area contributed by atoms with Crippen LogP contribution in [0.25, 0.3) is 0 Å². The zero-order valence-corrected chi connectivity index (χ0v) is 7.59. The lowest BCUT2D eigenvalue weighted by Gasteiger charge is -2.12. The number of aliphatic carboxylic acids is 1. The number of carboxylic acid groups (broad SMARTS) is 1. The van der Waals surface area contributed by atoms with Crippen molar-refractivity contribution in [1.29, 1.82) is 0 Å². The van der Waals surface area contributed by atoms with Crippen LogP contribution >= 0.6 is 0 Å². The Labute approximate surface area is 75.9 Å². The van der Waals surface area contributed by atoms with Gasteiger partial charge in [0.15, 0.2) is 0 Å². The highest BCUT2D eigenvalue weighted by atomic mass is 19.3. The maximum Gasteiger partial charge on any atom is 0.306 e. The Hall–Kier alpha value is -0.670. The Morgan fingerprint density at radius 2 is 2.31 bits per heavy atom. The molecule has 0 bridgehead atoms. The fourth-order valence-electron chi connectivity index (χ4n) is 1.84. The number of hydrogen-bond acceptors (Lipinski definition) is 1. The minimum absolute atomic E-state index is 0.0794. The van der Waals surface area contributed by atoms with Gasteiger partial charge in [0.25, 0.3) is 0 Å². The maximum atomic E-state index is 12.7. The summed E-state index contributed by atoms with van der Waals surface area (Å²) in [7, 11) is 0. The number of rotatable bonds is 3. The van der Waals surface area contributed by atoms with Gasteiger partial charge in [-0.1, -0.05) is 6.92 Å². The molecule has 1 saturated carbocycles. The van der Waals surface area contributed by atoms with Gasteiger partial charge in [-0.2, -0.15) is 0 Å². The largest absolute Gasteiger partial charge is 0.481 e. The Balaban J connectivity index is 2.36. The normalized spacial score (nSPS) is 28.7. The summed E-state index contributed by atoms with van der Waals surface area (Å²) in [6.45, 7) is 1.57. The van der Waals surface area contributed by atoms with Crippen LogP contribution in [-0.2, 0) is 4.79 Å². The van der Waals surface area contributed by atoms with Crippen LogP contribution in [0.2, 0.25) is 0 Å². The predicted octanol–water partition coefficient (Wildman–Crippen LogP) is 2.53. The summed E-state index contributed by atoms with van der Waals surface area (Å²) >= 11 is 0. The third-order valence-electron chi connectivity index (χ3n) is 2.61. The van der Waals surface area contributed by atoms with Crippen molar-refractivity contribution in [2.45, 2.75) is 38.5 Å². The van der Waals surface area contributed by atoms with E-state index in [1.807, 2.05) is 0 Å². The SMILES string of the molecule is C[C@@H](CC1CCC(F)(F)C1)C(=O)O. The number of alkyl halides is 2. The van der Waals surface area contributed by atoms with Gasteiger partial charge >= 0.3 is 5.97 Å². The second-order valence-corrected chi connectivity index (χ2v) is 3.94. The van der Waals surface area contributed by atoms with E-state index in [-0.39, 0.29) is 18.8 Å². The smallest absolute Gasteiger partial charge is 0.306 e. The highest BCUT2D eigenvalue weighted by molar-refractivity contribution is 5.69. The first-order chi connectivity index (χ1) is 5.91. The Morgan fingerprint density at radius 3 is 2.69 bits per heavy atom. The van der Waals surface area contributed by atoms with Crippen molar-refractivity contribution in [2.24, 2.45) is 11.8 Å². The molecule has 1 rings (SSSR count). The molecule has 13 heavy (non-hydrogen) atoms. The van der Waals surface area contributed by atoms with Crippen LogP contribution in [-0.4, -0.2) is 17.0 Å². The van der Waals surface area contributed by atoms with E-state index >= 15 is 0 Å². The van der Waals surface area contributed by atoms with Crippen molar-refractivity contribution in [2.75, 3.05) is 0 Å². The lowest BCUT2D eigenvalue weighted by molar-refractivity contribution is -0.141. The Kier molecular flexibility index (Phi) is 2.88. The van der Waals surface area contributed by atoms with E-state index in [1.165, 1.54) is 0 Å². The molecule has 0 spiro atoms. The zero-order valence-electron chi connectivity index (χ0n) is 7.59. The molecular formula is C9H14F2O2. The third-order valence-corrected chi connectivity index (χ3v) is 2.61. The monoisotopic (exact) mass is 192 g/mol. The molecule has 1 fully saturated rings. The van der Waals surface area contributed by atoms with Gasteiger partial charge in [-0.25, -0.2) is 8.78 Å². The summed E-state index contributed by atoms with van der Waals surface area (Å²) in [5.74, 6) is -4.06. The van der Waals surface area contributed by atoms with Crippen molar-refractivity contribution in [1.82, 2.24) is 0 Å². The van der Waals surface area contributed by atoms with Crippen molar-refractivity contribution < 1.29 is 18.7 Å². The molecule has 0 aromatic rings. The minimum atomic E-state index is -2.55. The summed E-state index contributed by atoms with van der Waals surface area (Å²) in [5, 5.41) is 8.58. The lowest BCUT2D eigenvalue weighted by Crippen LogP contribution is -2.15.